The van der Waals surface area contributed by atoms with Crippen molar-refractivity contribution in [2.75, 3.05) is 0 Å². The molecule has 2 nitrogen and oxygen atoms in total. The van der Waals surface area contributed by atoms with Crippen LogP contribution in [0.25, 0.3) is 10.1 Å². The minimum absolute atomic E-state index is 0.0869. The topological polar surface area (TPSA) is 29.1 Å². The SMILES string of the molecule is CC1(C)CCC(NC(=O)c2cc3ccccc3s2)C1. The van der Waals surface area contributed by atoms with E-state index in [1.165, 1.54) is 11.1 Å². The van der Waals surface area contributed by atoms with Gasteiger partial charge >= 0.3 is 0 Å². The van der Waals surface area contributed by atoms with Crippen molar-refractivity contribution in [1.82, 2.24) is 5.32 Å². The molecule has 0 spiro atoms. The maximum absolute atomic E-state index is 12.3. The van der Waals surface area contributed by atoms with Crippen molar-refractivity contribution in [1.29, 1.82) is 0 Å². The number of fused-ring (bicyclic) bond motifs is 1. The summed E-state index contributed by atoms with van der Waals surface area (Å²) in [5, 5.41) is 4.34. The Morgan fingerprint density at radius 2 is 2.16 bits per heavy atom. The number of hydrogen-bond donors (Lipinski definition) is 1. The van der Waals surface area contributed by atoms with Crippen molar-refractivity contribution in [3.05, 3.63) is 35.2 Å². The number of thiophene rings is 1. The van der Waals surface area contributed by atoms with Crippen LogP contribution < -0.4 is 5.32 Å². The number of amides is 1. The first-order chi connectivity index (χ1) is 9.03. The molecule has 0 bridgehead atoms. The summed E-state index contributed by atoms with van der Waals surface area (Å²) in [6, 6.07) is 10.5. The largest absolute Gasteiger partial charge is 0.349 e. The molecule has 1 heterocycles. The maximum atomic E-state index is 12.3. The fourth-order valence-corrected chi connectivity index (χ4v) is 3.88. The lowest BCUT2D eigenvalue weighted by Gasteiger charge is -2.17. The molecule has 19 heavy (non-hydrogen) atoms. The monoisotopic (exact) mass is 273 g/mol. The van der Waals surface area contributed by atoms with Gasteiger partial charge in [0.2, 0.25) is 0 Å². The predicted octanol–water partition coefficient (Wildman–Crippen LogP) is 4.21. The first kappa shape index (κ1) is 12.7. The van der Waals surface area contributed by atoms with Crippen molar-refractivity contribution in [3.8, 4) is 0 Å². The number of rotatable bonds is 2. The smallest absolute Gasteiger partial charge is 0.261 e. The second-order valence-corrected chi connectivity index (χ2v) is 7.31. The van der Waals surface area contributed by atoms with Crippen molar-refractivity contribution in [2.24, 2.45) is 5.41 Å². The van der Waals surface area contributed by atoms with E-state index in [2.05, 4.69) is 31.3 Å². The van der Waals surface area contributed by atoms with Crippen LogP contribution in [0.3, 0.4) is 0 Å². The number of carbonyl (C=O) groups excluding carboxylic acids is 1. The van der Waals surface area contributed by atoms with E-state index in [1.807, 2.05) is 18.2 Å². The van der Waals surface area contributed by atoms with Gasteiger partial charge < -0.3 is 5.32 Å². The number of nitrogens with one attached hydrogen (secondary N) is 1. The molecule has 1 unspecified atom stereocenters. The third kappa shape index (κ3) is 2.66. The lowest BCUT2D eigenvalue weighted by atomic mass is 9.92. The second-order valence-electron chi connectivity index (χ2n) is 6.23. The third-order valence-electron chi connectivity index (χ3n) is 3.95. The molecule has 1 amide bonds. The lowest BCUT2D eigenvalue weighted by molar-refractivity contribution is 0.0940. The summed E-state index contributed by atoms with van der Waals surface area (Å²) < 4.78 is 1.18. The van der Waals surface area contributed by atoms with Gasteiger partial charge in [-0.1, -0.05) is 32.0 Å². The molecule has 1 atom stereocenters. The number of carbonyl (C=O) groups is 1. The standard InChI is InChI=1S/C16H19NOS/c1-16(2)8-7-12(10-16)17-15(18)14-9-11-5-3-4-6-13(11)19-14/h3-6,9,12H,7-8,10H2,1-2H3,(H,17,18). The molecule has 3 rings (SSSR count). The van der Waals surface area contributed by atoms with Crippen LogP contribution in [0.4, 0.5) is 0 Å². The van der Waals surface area contributed by atoms with E-state index >= 15 is 0 Å². The molecule has 1 aliphatic rings. The quantitative estimate of drug-likeness (QED) is 0.872. The van der Waals surface area contributed by atoms with Gasteiger partial charge in [-0.25, -0.2) is 0 Å². The molecule has 1 aromatic heterocycles. The molecule has 1 N–H and O–H groups in total. The van der Waals surface area contributed by atoms with E-state index in [4.69, 9.17) is 0 Å². The Labute approximate surface area is 117 Å². The zero-order valence-corrected chi connectivity index (χ0v) is 12.2. The first-order valence-corrected chi connectivity index (χ1v) is 7.65. The Bertz CT molecular complexity index is 581. The Morgan fingerprint density at radius 1 is 1.37 bits per heavy atom. The summed E-state index contributed by atoms with van der Waals surface area (Å²) >= 11 is 1.58. The molecule has 0 radical (unpaired) electrons. The zero-order valence-electron chi connectivity index (χ0n) is 11.4. The highest BCUT2D eigenvalue weighted by Gasteiger charge is 2.31. The fourth-order valence-electron chi connectivity index (χ4n) is 2.91. The summed E-state index contributed by atoms with van der Waals surface area (Å²) in [4.78, 5) is 13.1. The van der Waals surface area contributed by atoms with Gasteiger partial charge in [0.25, 0.3) is 5.91 Å². The normalized spacial score (nSPS) is 21.7. The Balaban J connectivity index is 1.74. The van der Waals surface area contributed by atoms with Gasteiger partial charge in [-0.2, -0.15) is 0 Å². The number of benzene rings is 1. The molecule has 1 saturated carbocycles. The van der Waals surface area contributed by atoms with E-state index < -0.39 is 0 Å². The minimum Gasteiger partial charge on any atom is -0.349 e. The van der Waals surface area contributed by atoms with Crippen LogP contribution in [0.1, 0.15) is 42.8 Å². The molecular weight excluding hydrogens is 254 g/mol. The molecule has 3 heteroatoms. The van der Waals surface area contributed by atoms with E-state index in [9.17, 15) is 4.79 Å². The van der Waals surface area contributed by atoms with Gasteiger partial charge in [0.05, 0.1) is 4.88 Å². The van der Waals surface area contributed by atoms with Crippen molar-refractivity contribution in [2.45, 2.75) is 39.2 Å². The molecular formula is C16H19NOS. The summed E-state index contributed by atoms with van der Waals surface area (Å²) in [5.74, 6) is 0.0869. The van der Waals surface area contributed by atoms with Gasteiger partial charge in [0.1, 0.15) is 0 Å². The van der Waals surface area contributed by atoms with Crippen molar-refractivity contribution < 1.29 is 4.79 Å². The van der Waals surface area contributed by atoms with Crippen LogP contribution >= 0.6 is 11.3 Å². The highest BCUT2D eigenvalue weighted by Crippen LogP contribution is 2.37. The Hall–Kier alpha value is -1.35. The summed E-state index contributed by atoms with van der Waals surface area (Å²) in [5.41, 5.74) is 0.373. The van der Waals surface area contributed by atoms with Gasteiger partial charge in [-0.15, -0.1) is 11.3 Å². The van der Waals surface area contributed by atoms with Crippen LogP contribution in [0.2, 0.25) is 0 Å². The van der Waals surface area contributed by atoms with Crippen LogP contribution in [0.5, 0.6) is 0 Å². The third-order valence-corrected chi connectivity index (χ3v) is 5.07. The van der Waals surface area contributed by atoms with E-state index in [0.29, 0.717) is 11.5 Å². The second kappa shape index (κ2) is 4.64. The first-order valence-electron chi connectivity index (χ1n) is 6.83. The average Bonchev–Trinajstić information content (AvgIpc) is 2.92. The Morgan fingerprint density at radius 3 is 2.84 bits per heavy atom. The molecule has 0 aliphatic heterocycles. The molecule has 1 aromatic carbocycles. The Kier molecular flexibility index (Phi) is 3.09. The van der Waals surface area contributed by atoms with Crippen LogP contribution in [-0.2, 0) is 0 Å². The molecule has 1 fully saturated rings. The van der Waals surface area contributed by atoms with Crippen molar-refractivity contribution >= 4 is 27.3 Å². The zero-order chi connectivity index (χ0) is 13.5. The van der Waals surface area contributed by atoms with Crippen LogP contribution in [-0.4, -0.2) is 11.9 Å². The highest BCUT2D eigenvalue weighted by molar-refractivity contribution is 7.20. The average molecular weight is 273 g/mol. The molecule has 100 valence electrons. The molecule has 1 aliphatic carbocycles. The van der Waals surface area contributed by atoms with Crippen LogP contribution in [0.15, 0.2) is 30.3 Å². The minimum atomic E-state index is 0.0869. The van der Waals surface area contributed by atoms with Gasteiger partial charge in [0.15, 0.2) is 0 Å². The van der Waals surface area contributed by atoms with E-state index in [-0.39, 0.29) is 5.91 Å². The highest BCUT2D eigenvalue weighted by atomic mass is 32.1. The van der Waals surface area contributed by atoms with Gasteiger partial charge in [-0.05, 0) is 42.2 Å². The summed E-state index contributed by atoms with van der Waals surface area (Å²) in [6.45, 7) is 4.55. The van der Waals surface area contributed by atoms with Crippen LogP contribution in [0, 0.1) is 5.41 Å². The fraction of sp³-hybridized carbons (Fsp3) is 0.438. The van der Waals surface area contributed by atoms with E-state index in [0.717, 1.165) is 23.1 Å². The van der Waals surface area contributed by atoms with Gasteiger partial charge in [-0.3, -0.25) is 4.79 Å². The predicted molar refractivity (Wildman–Crippen MR) is 80.7 cm³/mol. The maximum Gasteiger partial charge on any atom is 0.261 e. The molecule has 0 saturated heterocycles. The van der Waals surface area contributed by atoms with Gasteiger partial charge in [0, 0.05) is 10.7 Å². The van der Waals surface area contributed by atoms with E-state index in [1.54, 1.807) is 11.3 Å². The van der Waals surface area contributed by atoms with Crippen molar-refractivity contribution in [3.63, 3.8) is 0 Å². The lowest BCUT2D eigenvalue weighted by Crippen LogP contribution is -2.32. The summed E-state index contributed by atoms with van der Waals surface area (Å²) in [6.07, 6.45) is 3.39. The number of hydrogen-bond acceptors (Lipinski definition) is 2. The molecule has 2 aromatic rings. The summed E-state index contributed by atoms with van der Waals surface area (Å²) in [7, 11) is 0.